The zero-order chi connectivity index (χ0) is 38.3. The smallest absolute Gasteiger partial charge is 0.420 e. The second-order valence-corrected chi connectivity index (χ2v) is 14.9. The van der Waals surface area contributed by atoms with Gasteiger partial charge in [-0.3, -0.25) is 4.90 Å². The maximum Gasteiger partial charge on any atom is 0.420 e. The number of nitrogens with zero attached hydrogens (tertiary/aromatic N) is 6. The van der Waals surface area contributed by atoms with Crippen molar-refractivity contribution in [2.75, 3.05) is 49.8 Å². The fraction of sp³-hybridized carbons (Fsp3) is 0.389. The Balaban J connectivity index is 1.45. The molecule has 0 aliphatic carbocycles. The van der Waals surface area contributed by atoms with Crippen molar-refractivity contribution in [2.45, 2.75) is 50.2 Å². The Morgan fingerprint density at radius 1 is 1.13 bits per heavy atom. The summed E-state index contributed by atoms with van der Waals surface area (Å²) < 4.78 is 112. The molecule has 0 bridgehead atoms. The van der Waals surface area contributed by atoms with E-state index in [4.69, 9.17) is 25.7 Å². The molecular weight excluding hydrogens is 739 g/mol. The third-order valence-corrected chi connectivity index (χ3v) is 11.3. The fourth-order valence-corrected chi connectivity index (χ4v) is 8.80. The number of anilines is 3. The van der Waals surface area contributed by atoms with Crippen LogP contribution >= 0.6 is 11.3 Å². The van der Waals surface area contributed by atoms with Gasteiger partial charge in [-0.1, -0.05) is 18.2 Å². The van der Waals surface area contributed by atoms with Gasteiger partial charge in [0.05, 0.1) is 49.4 Å². The summed E-state index contributed by atoms with van der Waals surface area (Å²) in [6, 6.07) is 7.79. The van der Waals surface area contributed by atoms with E-state index < -0.39 is 88.8 Å². The van der Waals surface area contributed by atoms with Crippen molar-refractivity contribution >= 4 is 49.0 Å². The van der Waals surface area contributed by atoms with Crippen LogP contribution < -0.4 is 25.8 Å². The number of hydrogen-bond acceptors (Lipinski definition) is 12. The van der Waals surface area contributed by atoms with Gasteiger partial charge in [0.15, 0.2) is 5.82 Å². The van der Waals surface area contributed by atoms with Crippen molar-refractivity contribution < 1.29 is 40.6 Å². The average molecular weight is 771 g/mol. The molecule has 0 radical (unpaired) electrons. The van der Waals surface area contributed by atoms with Crippen LogP contribution in [0.5, 0.6) is 11.8 Å². The van der Waals surface area contributed by atoms with Crippen LogP contribution in [0.25, 0.3) is 32.1 Å². The number of thiophene rings is 1. The molecule has 3 aromatic heterocycles. The highest BCUT2D eigenvalue weighted by Gasteiger charge is 2.48. The summed E-state index contributed by atoms with van der Waals surface area (Å²) in [5.74, 6) is -5.61. The summed E-state index contributed by atoms with van der Waals surface area (Å²) in [5, 5.41) is 9.69. The number of likely N-dealkylation sites (tertiary alicyclic amines) is 1. The molecule has 2 saturated heterocycles. The number of aromatic nitrogens is 3. The van der Waals surface area contributed by atoms with Crippen LogP contribution in [-0.2, 0) is 17.5 Å². The van der Waals surface area contributed by atoms with Crippen LogP contribution in [0.15, 0.2) is 36.5 Å². The van der Waals surface area contributed by atoms with Gasteiger partial charge >= 0.3 is 12.2 Å². The Morgan fingerprint density at radius 2 is 1.93 bits per heavy atom. The number of nitrogens with two attached hydrogens (primary N) is 2. The SMILES string of the molecule is C[C@@H](Oc1nc2c3c(c(C(F)(F)F)c(-c4cccc5sc(N)c(C#N)c45)c(F)c3n1)OCC1COCC1N2Cc1cccnc1N)C1CC(F)(F)CN1C. The number of pyridine rings is 1. The highest BCUT2D eigenvalue weighted by Crippen LogP contribution is 2.54. The first-order chi connectivity index (χ1) is 25.7. The quantitative estimate of drug-likeness (QED) is 0.180. The molecular formula is C36H32F6N8O3S. The monoisotopic (exact) mass is 770 g/mol. The number of hydrogen-bond donors (Lipinski definition) is 2. The summed E-state index contributed by atoms with van der Waals surface area (Å²) in [6.45, 7) is 0.997. The summed E-state index contributed by atoms with van der Waals surface area (Å²) in [5.41, 5.74) is 9.57. The molecule has 2 aromatic carbocycles. The van der Waals surface area contributed by atoms with Crippen molar-refractivity contribution in [1.29, 1.82) is 5.26 Å². The van der Waals surface area contributed by atoms with Crippen LogP contribution in [0.1, 0.15) is 30.0 Å². The van der Waals surface area contributed by atoms with Gasteiger partial charge in [-0.25, -0.2) is 18.2 Å². The van der Waals surface area contributed by atoms with Gasteiger partial charge in [-0.15, -0.1) is 11.3 Å². The van der Waals surface area contributed by atoms with Gasteiger partial charge in [0.25, 0.3) is 5.92 Å². The number of rotatable bonds is 6. The normalized spacial score (nSPS) is 21.8. The number of ether oxygens (including phenoxy) is 3. The molecule has 4 atom stereocenters. The Labute approximate surface area is 308 Å². The second kappa shape index (κ2) is 13.0. The molecule has 282 valence electrons. The zero-order valence-corrected chi connectivity index (χ0v) is 29.6. The van der Waals surface area contributed by atoms with Crippen molar-refractivity contribution in [2.24, 2.45) is 5.92 Å². The van der Waals surface area contributed by atoms with Gasteiger partial charge in [-0.05, 0) is 31.7 Å². The average Bonchev–Trinajstić information content (AvgIpc) is 3.79. The minimum Gasteiger partial charge on any atom is -0.492 e. The van der Waals surface area contributed by atoms with Crippen molar-refractivity contribution in [3.05, 3.63) is 59.0 Å². The molecule has 6 heterocycles. The van der Waals surface area contributed by atoms with E-state index >= 15 is 17.6 Å². The van der Waals surface area contributed by atoms with E-state index in [1.807, 2.05) is 6.07 Å². The Morgan fingerprint density at radius 3 is 2.63 bits per heavy atom. The first-order valence-electron chi connectivity index (χ1n) is 16.9. The molecule has 0 spiro atoms. The first kappa shape index (κ1) is 35.9. The maximum atomic E-state index is 17.5. The molecule has 3 aliphatic rings. The van der Waals surface area contributed by atoms with Crippen LogP contribution in [0.2, 0.25) is 0 Å². The zero-order valence-electron chi connectivity index (χ0n) is 28.8. The molecule has 5 aromatic rings. The van der Waals surface area contributed by atoms with E-state index in [-0.39, 0.29) is 59.5 Å². The lowest BCUT2D eigenvalue weighted by Crippen LogP contribution is -2.44. The lowest BCUT2D eigenvalue weighted by Gasteiger charge is -2.37. The third kappa shape index (κ3) is 5.94. The van der Waals surface area contributed by atoms with Gasteiger partial charge in [0.2, 0.25) is 0 Å². The van der Waals surface area contributed by atoms with Gasteiger partial charge in [0.1, 0.15) is 45.6 Å². The van der Waals surface area contributed by atoms with Gasteiger partial charge in [-0.2, -0.15) is 28.4 Å². The van der Waals surface area contributed by atoms with Crippen LogP contribution in [0.3, 0.4) is 0 Å². The molecule has 8 rings (SSSR count). The predicted octanol–water partition coefficient (Wildman–Crippen LogP) is 6.62. The van der Waals surface area contributed by atoms with E-state index in [0.717, 1.165) is 11.3 Å². The van der Waals surface area contributed by atoms with Crippen LogP contribution in [-0.4, -0.2) is 77.4 Å². The van der Waals surface area contributed by atoms with Crippen molar-refractivity contribution in [3.8, 4) is 29.0 Å². The highest BCUT2D eigenvalue weighted by molar-refractivity contribution is 7.23. The van der Waals surface area contributed by atoms with E-state index in [9.17, 15) is 14.0 Å². The summed E-state index contributed by atoms with van der Waals surface area (Å²) >= 11 is 0.980. The molecule has 0 amide bonds. The lowest BCUT2D eigenvalue weighted by atomic mass is 9.91. The van der Waals surface area contributed by atoms with E-state index in [2.05, 4.69) is 15.0 Å². The number of nitriles is 1. The number of alkyl halides is 5. The van der Waals surface area contributed by atoms with Gasteiger partial charge < -0.3 is 30.6 Å². The van der Waals surface area contributed by atoms with Crippen LogP contribution in [0, 0.1) is 23.1 Å². The molecule has 2 fully saturated rings. The Kier molecular flexibility index (Phi) is 8.66. The molecule has 11 nitrogen and oxygen atoms in total. The molecule has 18 heteroatoms. The Hall–Kier alpha value is -5.12. The van der Waals surface area contributed by atoms with E-state index in [1.165, 1.54) is 30.3 Å². The molecule has 54 heavy (non-hydrogen) atoms. The van der Waals surface area contributed by atoms with Gasteiger partial charge in [0, 0.05) is 46.3 Å². The topological polar surface area (TPSA) is 149 Å². The lowest BCUT2D eigenvalue weighted by molar-refractivity contribution is -0.138. The summed E-state index contributed by atoms with van der Waals surface area (Å²) in [6.07, 6.45) is -5.21. The predicted molar refractivity (Wildman–Crippen MR) is 189 cm³/mol. The molecule has 3 unspecified atom stereocenters. The van der Waals surface area contributed by atoms with E-state index in [0.29, 0.717) is 10.3 Å². The summed E-state index contributed by atoms with van der Waals surface area (Å²) in [4.78, 5) is 16.2. The molecule has 0 saturated carbocycles. The van der Waals surface area contributed by atoms with Crippen molar-refractivity contribution in [3.63, 3.8) is 0 Å². The first-order valence-corrected chi connectivity index (χ1v) is 17.8. The van der Waals surface area contributed by atoms with Crippen molar-refractivity contribution in [1.82, 2.24) is 19.9 Å². The number of benzene rings is 2. The molecule has 4 N–H and O–H groups in total. The second-order valence-electron chi connectivity index (χ2n) is 13.8. The minimum atomic E-state index is -5.21. The molecule has 3 aliphatic heterocycles. The largest absolute Gasteiger partial charge is 0.492 e. The number of likely N-dealkylation sites (N-methyl/N-ethyl adjacent to an activating group) is 1. The Bertz CT molecular complexity index is 2350. The number of fused-ring (bicyclic) bond motifs is 2. The number of halogens is 6. The summed E-state index contributed by atoms with van der Waals surface area (Å²) in [7, 11) is 1.52. The maximum absolute atomic E-state index is 17.5. The standard InChI is InChI=1S/C36H32F6N8O3S/c1-16(21-9-35(38,39)15-49(21)2)53-34-47-29-26-30(52-13-18-12-51-14-22(18)50(33(26)48-34)11-17-5-4-8-46-31(17)44)27(36(40,41)42)25(28(29)37)19-6-3-7-23-24(19)20(10-43)32(45)54-23/h3-8,16,18,21-22H,9,11-15,45H2,1-2H3,(H2,44,46)/t16-,18?,21?,22?/m1/s1. The number of nitrogen functional groups attached to an aromatic ring is 2. The van der Waals surface area contributed by atoms with E-state index in [1.54, 1.807) is 30.0 Å². The third-order valence-electron chi connectivity index (χ3n) is 10.3. The minimum absolute atomic E-state index is 0.0341. The fourth-order valence-electron chi connectivity index (χ4n) is 7.85. The van der Waals surface area contributed by atoms with Crippen LogP contribution in [0.4, 0.5) is 43.0 Å². The highest BCUT2D eigenvalue weighted by atomic mass is 32.1.